The minimum atomic E-state index is -0.403. The number of aromatic nitrogens is 2. The van der Waals surface area contributed by atoms with Gasteiger partial charge in [-0.25, -0.2) is 0 Å². The van der Waals surface area contributed by atoms with Gasteiger partial charge in [-0.15, -0.1) is 11.3 Å². The third-order valence-electron chi connectivity index (χ3n) is 5.41. The van der Waals surface area contributed by atoms with E-state index in [0.29, 0.717) is 5.56 Å². The molecule has 0 saturated heterocycles. The minimum absolute atomic E-state index is 0.136. The number of aryl methyl sites for hydroxylation is 2. The van der Waals surface area contributed by atoms with Crippen molar-refractivity contribution < 1.29 is 14.3 Å². The number of hydrogen-bond donors (Lipinski definition) is 1. The van der Waals surface area contributed by atoms with Gasteiger partial charge in [0.25, 0.3) is 0 Å². The Balaban J connectivity index is 1.36. The van der Waals surface area contributed by atoms with E-state index in [4.69, 9.17) is 4.74 Å². The summed E-state index contributed by atoms with van der Waals surface area (Å²) in [7, 11) is 0. The maximum atomic E-state index is 12.7. The number of Topliss-reactive ketones (excluding diaryl/α,β-unsaturated/α-hetero) is 1. The van der Waals surface area contributed by atoms with Crippen molar-refractivity contribution >= 4 is 34.0 Å². The Morgan fingerprint density at radius 1 is 1.13 bits per heavy atom. The number of aromatic amines is 1. The van der Waals surface area contributed by atoms with E-state index in [1.807, 2.05) is 50.4 Å². The molecule has 5 nitrogen and oxygen atoms in total. The van der Waals surface area contributed by atoms with Crippen molar-refractivity contribution in [2.45, 2.75) is 33.2 Å². The fourth-order valence-electron chi connectivity index (χ4n) is 3.81. The highest BCUT2D eigenvalue weighted by atomic mass is 32.1. The molecule has 30 heavy (non-hydrogen) atoms. The average Bonchev–Trinajstić information content (AvgIpc) is 3.46. The Hall–Kier alpha value is -3.12. The third kappa shape index (κ3) is 4.24. The Bertz CT molecular complexity index is 1180. The molecule has 0 amide bonds. The van der Waals surface area contributed by atoms with E-state index in [9.17, 15) is 9.59 Å². The number of ketones is 1. The van der Waals surface area contributed by atoms with Crippen LogP contribution >= 0.6 is 11.3 Å². The number of esters is 1. The van der Waals surface area contributed by atoms with Gasteiger partial charge in [0, 0.05) is 45.5 Å². The van der Waals surface area contributed by atoms with Crippen molar-refractivity contribution in [3.8, 4) is 0 Å². The molecule has 154 valence electrons. The van der Waals surface area contributed by atoms with E-state index in [2.05, 4.69) is 27.1 Å². The van der Waals surface area contributed by atoms with Gasteiger partial charge >= 0.3 is 5.97 Å². The quantitative estimate of drug-likeness (QED) is 0.327. The summed E-state index contributed by atoms with van der Waals surface area (Å²) in [5, 5.41) is 3.07. The molecule has 0 unspecified atom stereocenters. The van der Waals surface area contributed by atoms with Crippen LogP contribution in [0.1, 0.15) is 32.2 Å². The number of nitrogens with one attached hydrogen (secondary N) is 1. The van der Waals surface area contributed by atoms with E-state index in [1.165, 1.54) is 4.88 Å². The van der Waals surface area contributed by atoms with Crippen LogP contribution in [0.3, 0.4) is 0 Å². The summed E-state index contributed by atoms with van der Waals surface area (Å²) in [6, 6.07) is 13.9. The SMILES string of the molecule is Cc1cc(C(=O)COC(=O)Cc2c[nH]c3ccccc23)c(C)n1CCc1cccs1. The zero-order valence-electron chi connectivity index (χ0n) is 17.1. The summed E-state index contributed by atoms with van der Waals surface area (Å²) < 4.78 is 7.45. The van der Waals surface area contributed by atoms with Crippen LogP contribution in [-0.4, -0.2) is 27.9 Å². The number of ether oxygens (including phenoxy) is 1. The van der Waals surface area contributed by atoms with Crippen molar-refractivity contribution in [1.82, 2.24) is 9.55 Å². The fourth-order valence-corrected chi connectivity index (χ4v) is 4.51. The van der Waals surface area contributed by atoms with E-state index in [0.717, 1.165) is 40.8 Å². The zero-order chi connectivity index (χ0) is 21.1. The van der Waals surface area contributed by atoms with Crippen LogP contribution in [0.4, 0.5) is 0 Å². The molecule has 3 heterocycles. The molecule has 1 aromatic carbocycles. The van der Waals surface area contributed by atoms with E-state index in [1.54, 1.807) is 11.3 Å². The minimum Gasteiger partial charge on any atom is -0.457 e. The molecule has 0 aliphatic carbocycles. The standard InChI is InChI=1S/C24H24N2O3S/c1-16-12-21(17(2)26(16)10-9-19-6-5-11-30-19)23(27)15-29-24(28)13-18-14-25-22-8-4-3-7-20(18)22/h3-8,11-12,14,25H,9-10,13,15H2,1-2H3. The van der Waals surface area contributed by atoms with E-state index < -0.39 is 5.97 Å². The number of fused-ring (bicyclic) bond motifs is 1. The van der Waals surface area contributed by atoms with E-state index >= 15 is 0 Å². The van der Waals surface area contributed by atoms with Crippen molar-refractivity contribution in [3.05, 3.63) is 81.4 Å². The molecular formula is C24H24N2O3S. The summed E-state index contributed by atoms with van der Waals surface area (Å²) in [6.07, 6.45) is 2.88. The lowest BCUT2D eigenvalue weighted by molar-refractivity contribution is -0.141. The van der Waals surface area contributed by atoms with Gasteiger partial charge in [-0.05, 0) is 49.4 Å². The molecule has 3 aromatic heterocycles. The van der Waals surface area contributed by atoms with Gasteiger partial charge in [-0.1, -0.05) is 24.3 Å². The molecule has 0 spiro atoms. The topological polar surface area (TPSA) is 64.1 Å². The van der Waals surface area contributed by atoms with Crippen LogP contribution in [0.15, 0.2) is 54.0 Å². The maximum Gasteiger partial charge on any atom is 0.310 e. The second kappa shape index (κ2) is 8.71. The predicted octanol–water partition coefficient (Wildman–Crippen LogP) is 4.86. The predicted molar refractivity (Wildman–Crippen MR) is 119 cm³/mol. The van der Waals surface area contributed by atoms with Crippen LogP contribution in [0.25, 0.3) is 10.9 Å². The Labute approximate surface area is 179 Å². The molecule has 4 rings (SSSR count). The van der Waals surface area contributed by atoms with Gasteiger partial charge in [-0.3, -0.25) is 9.59 Å². The highest BCUT2D eigenvalue weighted by Crippen LogP contribution is 2.20. The Morgan fingerprint density at radius 3 is 2.77 bits per heavy atom. The van der Waals surface area contributed by atoms with Crippen LogP contribution in [0.2, 0.25) is 0 Å². The number of rotatable bonds is 8. The first-order chi connectivity index (χ1) is 14.5. The number of hydrogen-bond acceptors (Lipinski definition) is 4. The number of carbonyl (C=O) groups excluding carboxylic acids is 2. The molecule has 0 saturated carbocycles. The molecule has 0 aliphatic heterocycles. The van der Waals surface area contributed by atoms with Crippen LogP contribution in [-0.2, 0) is 28.9 Å². The van der Waals surface area contributed by atoms with Crippen molar-refractivity contribution in [2.24, 2.45) is 0 Å². The molecule has 0 aliphatic rings. The molecule has 1 N–H and O–H groups in total. The number of thiophene rings is 1. The van der Waals surface area contributed by atoms with Gasteiger partial charge in [0.05, 0.1) is 6.42 Å². The van der Waals surface area contributed by atoms with Gasteiger partial charge in [0.2, 0.25) is 5.78 Å². The maximum absolute atomic E-state index is 12.7. The molecule has 0 atom stereocenters. The Morgan fingerprint density at radius 2 is 1.97 bits per heavy atom. The highest BCUT2D eigenvalue weighted by Gasteiger charge is 2.18. The zero-order valence-corrected chi connectivity index (χ0v) is 17.9. The van der Waals surface area contributed by atoms with E-state index in [-0.39, 0.29) is 18.8 Å². The summed E-state index contributed by atoms with van der Waals surface area (Å²) in [6.45, 7) is 4.53. The first kappa shape index (κ1) is 20.2. The lowest BCUT2D eigenvalue weighted by atomic mass is 10.1. The van der Waals surface area contributed by atoms with Gasteiger partial charge < -0.3 is 14.3 Å². The average molecular weight is 421 g/mol. The highest BCUT2D eigenvalue weighted by molar-refractivity contribution is 7.09. The monoisotopic (exact) mass is 420 g/mol. The first-order valence-electron chi connectivity index (χ1n) is 9.96. The number of nitrogens with zero attached hydrogens (tertiary/aromatic N) is 1. The number of H-pyrrole nitrogens is 1. The normalized spacial score (nSPS) is 11.1. The van der Waals surface area contributed by atoms with Crippen molar-refractivity contribution in [3.63, 3.8) is 0 Å². The van der Waals surface area contributed by atoms with Gasteiger partial charge in [-0.2, -0.15) is 0 Å². The summed E-state index contributed by atoms with van der Waals surface area (Å²) >= 11 is 1.74. The largest absolute Gasteiger partial charge is 0.457 e. The lowest BCUT2D eigenvalue weighted by Crippen LogP contribution is -2.16. The Kier molecular flexibility index (Phi) is 5.86. The first-order valence-corrected chi connectivity index (χ1v) is 10.8. The fraction of sp³-hybridized carbons (Fsp3) is 0.250. The van der Waals surface area contributed by atoms with Crippen LogP contribution < -0.4 is 0 Å². The number of benzene rings is 1. The lowest BCUT2D eigenvalue weighted by Gasteiger charge is -2.09. The van der Waals surface area contributed by atoms with Crippen LogP contribution in [0, 0.1) is 13.8 Å². The second-order valence-electron chi connectivity index (χ2n) is 7.39. The molecule has 0 fully saturated rings. The summed E-state index contributed by atoms with van der Waals surface area (Å²) in [5.74, 6) is -0.572. The van der Waals surface area contributed by atoms with Gasteiger partial charge in [0.15, 0.2) is 6.61 Å². The molecule has 6 heteroatoms. The smallest absolute Gasteiger partial charge is 0.310 e. The second-order valence-corrected chi connectivity index (χ2v) is 8.42. The van der Waals surface area contributed by atoms with Gasteiger partial charge in [0.1, 0.15) is 0 Å². The number of para-hydroxylation sites is 1. The molecular weight excluding hydrogens is 396 g/mol. The number of carbonyl (C=O) groups is 2. The molecule has 0 bridgehead atoms. The third-order valence-corrected chi connectivity index (χ3v) is 6.35. The van der Waals surface area contributed by atoms with Crippen LogP contribution in [0.5, 0.6) is 0 Å². The molecule has 4 aromatic rings. The molecule has 0 radical (unpaired) electrons. The van der Waals surface area contributed by atoms with Crippen molar-refractivity contribution in [2.75, 3.05) is 6.61 Å². The summed E-state index contributed by atoms with van der Waals surface area (Å²) in [4.78, 5) is 29.4. The summed E-state index contributed by atoms with van der Waals surface area (Å²) in [5.41, 5.74) is 4.43. The van der Waals surface area contributed by atoms with Crippen molar-refractivity contribution in [1.29, 1.82) is 0 Å².